The Hall–Kier alpha value is -1.53. The minimum atomic E-state index is -0.380. The Morgan fingerprint density at radius 3 is 2.68 bits per heavy atom. The Morgan fingerprint density at radius 2 is 2.05 bits per heavy atom. The Balaban J connectivity index is 2.71. The van der Waals surface area contributed by atoms with Crippen molar-refractivity contribution < 1.29 is 9.59 Å². The van der Waals surface area contributed by atoms with Gasteiger partial charge in [-0.15, -0.1) is 11.8 Å². The maximum atomic E-state index is 11.9. The molecule has 19 heavy (non-hydrogen) atoms. The number of rotatable bonds is 7. The smallest absolute Gasteiger partial charge is 0.228 e. The van der Waals surface area contributed by atoms with E-state index in [1.165, 1.54) is 11.8 Å². The van der Waals surface area contributed by atoms with E-state index in [1.54, 1.807) is 7.05 Å². The lowest BCUT2D eigenvalue weighted by Crippen LogP contribution is -2.28. The first kappa shape index (κ1) is 15.5. The lowest BCUT2D eigenvalue weighted by Gasteiger charge is -2.14. The number of primary amides is 1. The molecule has 0 saturated carbocycles. The maximum absolute atomic E-state index is 11.9. The number of carbonyl (C=O) groups is 2. The molecule has 2 amide bonds. The van der Waals surface area contributed by atoms with E-state index in [4.69, 9.17) is 5.73 Å². The Labute approximate surface area is 117 Å². The molecule has 1 aromatic carbocycles. The third-order valence-electron chi connectivity index (χ3n) is 2.47. The molecule has 5 nitrogen and oxygen atoms in total. The van der Waals surface area contributed by atoms with Crippen molar-refractivity contribution in [2.24, 2.45) is 11.7 Å². The second kappa shape index (κ2) is 7.81. The lowest BCUT2D eigenvalue weighted by molar-refractivity contribution is -0.119. The van der Waals surface area contributed by atoms with Gasteiger partial charge in [0.2, 0.25) is 11.8 Å². The van der Waals surface area contributed by atoms with Crippen LogP contribution in [-0.4, -0.2) is 31.2 Å². The molecule has 1 atom stereocenters. The highest BCUT2D eigenvalue weighted by molar-refractivity contribution is 8.00. The molecular formula is C13H19N3O2S. The van der Waals surface area contributed by atoms with Gasteiger partial charge >= 0.3 is 0 Å². The van der Waals surface area contributed by atoms with E-state index in [0.717, 1.165) is 4.90 Å². The molecule has 0 fully saturated rings. The van der Waals surface area contributed by atoms with E-state index in [0.29, 0.717) is 12.2 Å². The highest BCUT2D eigenvalue weighted by Gasteiger charge is 2.13. The zero-order chi connectivity index (χ0) is 14.3. The van der Waals surface area contributed by atoms with Crippen LogP contribution in [0.15, 0.2) is 29.2 Å². The molecule has 0 aliphatic rings. The average Bonchev–Trinajstić information content (AvgIpc) is 2.37. The van der Waals surface area contributed by atoms with Crippen molar-refractivity contribution in [3.63, 3.8) is 0 Å². The first-order chi connectivity index (χ1) is 9.04. The summed E-state index contributed by atoms with van der Waals surface area (Å²) in [5, 5.41) is 5.83. The fraction of sp³-hybridized carbons (Fsp3) is 0.385. The third-order valence-corrected chi connectivity index (χ3v) is 3.57. The quantitative estimate of drug-likeness (QED) is 0.652. The fourth-order valence-electron chi connectivity index (χ4n) is 1.50. The van der Waals surface area contributed by atoms with E-state index in [-0.39, 0.29) is 23.5 Å². The van der Waals surface area contributed by atoms with E-state index in [1.807, 2.05) is 31.2 Å². The van der Waals surface area contributed by atoms with E-state index in [2.05, 4.69) is 10.6 Å². The van der Waals surface area contributed by atoms with E-state index >= 15 is 0 Å². The summed E-state index contributed by atoms with van der Waals surface area (Å²) in [5.41, 5.74) is 5.83. The summed E-state index contributed by atoms with van der Waals surface area (Å²) in [7, 11) is 1.81. The Kier molecular flexibility index (Phi) is 6.38. The maximum Gasteiger partial charge on any atom is 0.228 e. The Morgan fingerprint density at radius 1 is 1.37 bits per heavy atom. The van der Waals surface area contributed by atoms with E-state index < -0.39 is 0 Å². The van der Waals surface area contributed by atoms with Crippen LogP contribution in [0.5, 0.6) is 0 Å². The van der Waals surface area contributed by atoms with Crippen LogP contribution in [0.2, 0.25) is 0 Å². The summed E-state index contributed by atoms with van der Waals surface area (Å²) in [6.45, 7) is 2.47. The molecule has 0 aliphatic carbocycles. The van der Waals surface area contributed by atoms with Crippen molar-refractivity contribution in [1.29, 1.82) is 0 Å². The van der Waals surface area contributed by atoms with Crippen molar-refractivity contribution in [2.45, 2.75) is 11.8 Å². The van der Waals surface area contributed by atoms with Gasteiger partial charge in [-0.1, -0.05) is 19.1 Å². The SMILES string of the molecule is CNCC(C)C(=O)Nc1ccccc1SCC(N)=O. The molecule has 0 aliphatic heterocycles. The van der Waals surface area contributed by atoms with Crippen molar-refractivity contribution in [3.05, 3.63) is 24.3 Å². The number of amides is 2. The van der Waals surface area contributed by atoms with Crippen molar-refractivity contribution in [3.8, 4) is 0 Å². The predicted octanol–water partition coefficient (Wildman–Crippen LogP) is 1.06. The van der Waals surface area contributed by atoms with Gasteiger partial charge in [0.1, 0.15) is 0 Å². The van der Waals surface area contributed by atoms with Crippen LogP contribution in [0.3, 0.4) is 0 Å². The molecule has 6 heteroatoms. The number of anilines is 1. The van der Waals surface area contributed by atoms with Gasteiger partial charge in [-0.2, -0.15) is 0 Å². The molecule has 1 unspecified atom stereocenters. The third kappa shape index (κ3) is 5.32. The second-order valence-corrected chi connectivity index (χ2v) is 5.22. The molecule has 4 N–H and O–H groups in total. The van der Waals surface area contributed by atoms with Crippen LogP contribution in [0.4, 0.5) is 5.69 Å². The summed E-state index contributed by atoms with van der Waals surface area (Å²) in [6, 6.07) is 7.36. The van der Waals surface area contributed by atoms with Gasteiger partial charge in [-0.05, 0) is 19.2 Å². The zero-order valence-corrected chi connectivity index (χ0v) is 11.9. The zero-order valence-electron chi connectivity index (χ0n) is 11.1. The summed E-state index contributed by atoms with van der Waals surface area (Å²) >= 11 is 1.32. The topological polar surface area (TPSA) is 84.2 Å². The summed E-state index contributed by atoms with van der Waals surface area (Å²) in [4.78, 5) is 23.6. The molecule has 0 spiro atoms. The minimum Gasteiger partial charge on any atom is -0.369 e. The molecule has 0 heterocycles. The van der Waals surface area contributed by atoms with Gasteiger partial charge in [-0.25, -0.2) is 0 Å². The fourth-order valence-corrected chi connectivity index (χ4v) is 2.25. The van der Waals surface area contributed by atoms with Crippen LogP contribution < -0.4 is 16.4 Å². The van der Waals surface area contributed by atoms with Crippen molar-refractivity contribution >= 4 is 29.3 Å². The van der Waals surface area contributed by atoms with Gasteiger partial charge in [0, 0.05) is 17.4 Å². The first-order valence-electron chi connectivity index (χ1n) is 6.00. The molecule has 0 saturated heterocycles. The summed E-state index contributed by atoms with van der Waals surface area (Å²) in [6.07, 6.45) is 0. The number of hydrogen-bond acceptors (Lipinski definition) is 4. The predicted molar refractivity (Wildman–Crippen MR) is 78.1 cm³/mol. The molecule has 104 valence electrons. The molecule has 0 bridgehead atoms. The summed E-state index contributed by atoms with van der Waals surface area (Å²) in [5.74, 6) is -0.366. The van der Waals surface area contributed by atoms with E-state index in [9.17, 15) is 9.59 Å². The number of benzene rings is 1. The number of carbonyl (C=O) groups excluding carboxylic acids is 2. The number of para-hydroxylation sites is 1. The molecule has 1 rings (SSSR count). The monoisotopic (exact) mass is 281 g/mol. The number of nitrogens with two attached hydrogens (primary N) is 1. The highest BCUT2D eigenvalue weighted by atomic mass is 32.2. The van der Waals surface area contributed by atoms with Gasteiger partial charge in [-0.3, -0.25) is 9.59 Å². The van der Waals surface area contributed by atoms with Crippen LogP contribution in [0.1, 0.15) is 6.92 Å². The average molecular weight is 281 g/mol. The summed E-state index contributed by atoms with van der Waals surface area (Å²) < 4.78 is 0. The van der Waals surface area contributed by atoms with Gasteiger partial charge in [0.15, 0.2) is 0 Å². The number of thioether (sulfide) groups is 1. The minimum absolute atomic E-state index is 0.0542. The number of nitrogens with one attached hydrogen (secondary N) is 2. The lowest BCUT2D eigenvalue weighted by atomic mass is 10.1. The van der Waals surface area contributed by atoms with Crippen molar-refractivity contribution in [1.82, 2.24) is 5.32 Å². The van der Waals surface area contributed by atoms with Crippen LogP contribution >= 0.6 is 11.8 Å². The molecule has 1 aromatic rings. The highest BCUT2D eigenvalue weighted by Crippen LogP contribution is 2.26. The van der Waals surface area contributed by atoms with Gasteiger partial charge in [0.25, 0.3) is 0 Å². The second-order valence-electron chi connectivity index (χ2n) is 4.20. The Bertz CT molecular complexity index is 451. The molecular weight excluding hydrogens is 262 g/mol. The normalized spacial score (nSPS) is 11.9. The van der Waals surface area contributed by atoms with Gasteiger partial charge in [0.05, 0.1) is 11.4 Å². The molecule has 0 radical (unpaired) electrons. The largest absolute Gasteiger partial charge is 0.369 e. The first-order valence-corrected chi connectivity index (χ1v) is 6.98. The van der Waals surface area contributed by atoms with Crippen LogP contribution in [0, 0.1) is 5.92 Å². The van der Waals surface area contributed by atoms with Crippen LogP contribution in [0.25, 0.3) is 0 Å². The van der Waals surface area contributed by atoms with Gasteiger partial charge < -0.3 is 16.4 Å². The van der Waals surface area contributed by atoms with Crippen molar-refractivity contribution in [2.75, 3.05) is 24.7 Å². The van der Waals surface area contributed by atoms with Crippen LogP contribution in [-0.2, 0) is 9.59 Å². The number of hydrogen-bond donors (Lipinski definition) is 3. The molecule has 0 aromatic heterocycles. The standard InChI is InChI=1S/C13H19N3O2S/c1-9(7-15-2)13(18)16-10-5-3-4-6-11(10)19-8-12(14)17/h3-6,9,15H,7-8H2,1-2H3,(H2,14,17)(H,16,18).